The van der Waals surface area contributed by atoms with E-state index in [1.807, 2.05) is 13.8 Å². The predicted molar refractivity (Wildman–Crippen MR) is 66.5 cm³/mol. The van der Waals surface area contributed by atoms with E-state index in [0.29, 0.717) is 12.3 Å². The molecule has 3 N–H and O–H groups in total. The molecule has 2 atom stereocenters. The summed E-state index contributed by atoms with van der Waals surface area (Å²) in [6, 6.07) is -0.552. The topological polar surface area (TPSA) is 70.2 Å². The van der Waals surface area contributed by atoms with Gasteiger partial charge in [0.25, 0.3) is 0 Å². The molecule has 0 bridgehead atoms. The highest BCUT2D eigenvalue weighted by Gasteiger charge is 2.27. The largest absolute Gasteiger partial charge is 0.357 e. The van der Waals surface area contributed by atoms with Crippen LogP contribution in [-0.4, -0.2) is 37.5 Å². The van der Waals surface area contributed by atoms with Gasteiger partial charge in [-0.25, -0.2) is 0 Å². The first-order chi connectivity index (χ1) is 8.04. The molecule has 0 aromatic rings. The number of hydrogen-bond acceptors (Lipinski definition) is 3. The third-order valence-corrected chi connectivity index (χ3v) is 2.96. The monoisotopic (exact) mass is 241 g/mol. The molecule has 1 fully saturated rings. The van der Waals surface area contributed by atoms with Crippen molar-refractivity contribution in [2.24, 2.45) is 5.92 Å². The summed E-state index contributed by atoms with van der Waals surface area (Å²) in [5, 5.41) is 8.55. The number of rotatable bonds is 5. The molecule has 0 aromatic carbocycles. The Morgan fingerprint density at radius 2 is 2.12 bits per heavy atom. The summed E-state index contributed by atoms with van der Waals surface area (Å²) < 4.78 is 0. The second kappa shape index (κ2) is 6.59. The number of carbonyl (C=O) groups excluding carboxylic acids is 2. The van der Waals surface area contributed by atoms with Crippen LogP contribution in [0.2, 0.25) is 0 Å². The molecule has 1 aliphatic heterocycles. The number of carbonyl (C=O) groups is 2. The summed E-state index contributed by atoms with van der Waals surface area (Å²) in [5.41, 5.74) is 0. The fourth-order valence-corrected chi connectivity index (χ4v) is 2.06. The van der Waals surface area contributed by atoms with Crippen molar-refractivity contribution in [2.45, 2.75) is 45.2 Å². The van der Waals surface area contributed by atoms with Gasteiger partial charge in [0.2, 0.25) is 11.8 Å². The normalized spacial score (nSPS) is 21.3. The number of hydrogen-bond donors (Lipinski definition) is 3. The van der Waals surface area contributed by atoms with Crippen LogP contribution in [0.1, 0.15) is 33.1 Å². The lowest BCUT2D eigenvalue weighted by Gasteiger charge is -2.21. The van der Waals surface area contributed by atoms with Gasteiger partial charge in [-0.15, -0.1) is 0 Å². The van der Waals surface area contributed by atoms with Crippen molar-refractivity contribution >= 4 is 11.8 Å². The van der Waals surface area contributed by atoms with E-state index in [2.05, 4.69) is 16.0 Å². The van der Waals surface area contributed by atoms with Gasteiger partial charge in [0.1, 0.15) is 6.04 Å². The SMILES string of the molecule is CNC(=O)C(CC(C)C)NC(=O)[C@H]1CCCN1. The Balaban J connectivity index is 2.52. The molecule has 1 aliphatic rings. The Morgan fingerprint density at radius 3 is 2.59 bits per heavy atom. The van der Waals surface area contributed by atoms with Crippen molar-refractivity contribution in [1.29, 1.82) is 0 Å². The molecule has 17 heavy (non-hydrogen) atoms. The molecule has 0 aliphatic carbocycles. The van der Waals surface area contributed by atoms with Crippen molar-refractivity contribution in [1.82, 2.24) is 16.0 Å². The van der Waals surface area contributed by atoms with Crippen LogP contribution in [0.25, 0.3) is 0 Å². The van der Waals surface area contributed by atoms with Crippen molar-refractivity contribution < 1.29 is 9.59 Å². The van der Waals surface area contributed by atoms with Gasteiger partial charge < -0.3 is 16.0 Å². The maximum absolute atomic E-state index is 11.9. The van der Waals surface area contributed by atoms with E-state index in [4.69, 9.17) is 0 Å². The molecule has 5 nitrogen and oxygen atoms in total. The second-order valence-corrected chi connectivity index (χ2v) is 4.95. The van der Waals surface area contributed by atoms with Crippen LogP contribution >= 0.6 is 0 Å². The third-order valence-electron chi connectivity index (χ3n) is 2.96. The lowest BCUT2D eigenvalue weighted by Crippen LogP contribution is -2.51. The summed E-state index contributed by atoms with van der Waals surface area (Å²) in [7, 11) is 1.59. The van der Waals surface area contributed by atoms with Crippen LogP contribution in [0.3, 0.4) is 0 Å². The minimum atomic E-state index is -0.421. The zero-order valence-corrected chi connectivity index (χ0v) is 10.9. The van der Waals surface area contributed by atoms with E-state index in [-0.39, 0.29) is 17.9 Å². The zero-order chi connectivity index (χ0) is 12.8. The predicted octanol–water partition coefficient (Wildman–Crippen LogP) is 0.0153. The van der Waals surface area contributed by atoms with E-state index >= 15 is 0 Å². The summed E-state index contributed by atoms with van der Waals surface area (Å²) in [6.45, 7) is 4.96. The Morgan fingerprint density at radius 1 is 1.41 bits per heavy atom. The van der Waals surface area contributed by atoms with E-state index in [1.54, 1.807) is 7.05 Å². The average molecular weight is 241 g/mol. The fourth-order valence-electron chi connectivity index (χ4n) is 2.06. The van der Waals surface area contributed by atoms with Crippen LogP contribution in [0.5, 0.6) is 0 Å². The summed E-state index contributed by atoms with van der Waals surface area (Å²) >= 11 is 0. The molecule has 1 unspecified atom stereocenters. The molecule has 98 valence electrons. The van der Waals surface area contributed by atoms with Gasteiger partial charge in [0.05, 0.1) is 6.04 Å². The average Bonchev–Trinajstić information content (AvgIpc) is 2.79. The maximum atomic E-state index is 11.9. The molecule has 0 spiro atoms. The van der Waals surface area contributed by atoms with Gasteiger partial charge >= 0.3 is 0 Å². The smallest absolute Gasteiger partial charge is 0.242 e. The van der Waals surface area contributed by atoms with Crippen LogP contribution in [-0.2, 0) is 9.59 Å². The highest BCUT2D eigenvalue weighted by atomic mass is 16.2. The van der Waals surface area contributed by atoms with Crippen molar-refractivity contribution in [3.05, 3.63) is 0 Å². The van der Waals surface area contributed by atoms with Gasteiger partial charge in [-0.1, -0.05) is 13.8 Å². The first kappa shape index (κ1) is 14.0. The van der Waals surface area contributed by atoms with E-state index in [9.17, 15) is 9.59 Å². The minimum Gasteiger partial charge on any atom is -0.357 e. The van der Waals surface area contributed by atoms with Gasteiger partial charge in [0, 0.05) is 7.05 Å². The molecule has 5 heteroatoms. The van der Waals surface area contributed by atoms with Gasteiger partial charge in [-0.05, 0) is 31.7 Å². The fraction of sp³-hybridized carbons (Fsp3) is 0.833. The molecule has 1 heterocycles. The van der Waals surface area contributed by atoms with Crippen molar-refractivity contribution in [3.8, 4) is 0 Å². The van der Waals surface area contributed by atoms with Crippen molar-refractivity contribution in [3.63, 3.8) is 0 Å². The highest BCUT2D eigenvalue weighted by molar-refractivity contribution is 5.89. The van der Waals surface area contributed by atoms with E-state index < -0.39 is 6.04 Å². The van der Waals surface area contributed by atoms with Crippen LogP contribution in [0.15, 0.2) is 0 Å². The Kier molecular flexibility index (Phi) is 5.41. The minimum absolute atomic E-state index is 0.0586. The quantitative estimate of drug-likeness (QED) is 0.635. The Labute approximate surface area is 103 Å². The molecule has 2 amide bonds. The Bertz CT molecular complexity index is 273. The number of nitrogens with one attached hydrogen (secondary N) is 3. The number of likely N-dealkylation sites (N-methyl/N-ethyl adjacent to an activating group) is 1. The number of amides is 2. The molecular weight excluding hydrogens is 218 g/mol. The summed E-state index contributed by atoms with van der Waals surface area (Å²) in [6.07, 6.45) is 2.54. The maximum Gasteiger partial charge on any atom is 0.242 e. The molecule has 1 saturated heterocycles. The molecule has 1 rings (SSSR count). The van der Waals surface area contributed by atoms with Crippen molar-refractivity contribution in [2.75, 3.05) is 13.6 Å². The van der Waals surface area contributed by atoms with E-state index in [1.165, 1.54) is 0 Å². The van der Waals surface area contributed by atoms with Gasteiger partial charge in [0.15, 0.2) is 0 Å². The molecule has 0 radical (unpaired) electrons. The zero-order valence-electron chi connectivity index (χ0n) is 10.9. The third kappa shape index (κ3) is 4.34. The molecule has 0 aromatic heterocycles. The van der Waals surface area contributed by atoms with Crippen LogP contribution in [0, 0.1) is 5.92 Å². The van der Waals surface area contributed by atoms with Crippen LogP contribution < -0.4 is 16.0 Å². The first-order valence-electron chi connectivity index (χ1n) is 6.30. The molecule has 0 saturated carbocycles. The van der Waals surface area contributed by atoms with Gasteiger partial charge in [-0.2, -0.15) is 0 Å². The highest BCUT2D eigenvalue weighted by Crippen LogP contribution is 2.08. The van der Waals surface area contributed by atoms with Crippen LogP contribution in [0.4, 0.5) is 0 Å². The lowest BCUT2D eigenvalue weighted by molar-refractivity contribution is -0.130. The van der Waals surface area contributed by atoms with E-state index in [0.717, 1.165) is 19.4 Å². The second-order valence-electron chi connectivity index (χ2n) is 4.95. The summed E-state index contributed by atoms with van der Waals surface area (Å²) in [4.78, 5) is 23.6. The standard InChI is InChI=1S/C12H23N3O2/c1-8(2)7-10(11(16)13-3)15-12(17)9-5-4-6-14-9/h8-10,14H,4-7H2,1-3H3,(H,13,16)(H,15,17)/t9-,10?/m1/s1. The molecular formula is C12H23N3O2. The summed E-state index contributed by atoms with van der Waals surface area (Å²) in [5.74, 6) is 0.191. The van der Waals surface area contributed by atoms with Gasteiger partial charge in [-0.3, -0.25) is 9.59 Å². The first-order valence-corrected chi connectivity index (χ1v) is 6.30. The lowest BCUT2D eigenvalue weighted by atomic mass is 10.0. The Hall–Kier alpha value is -1.10.